The van der Waals surface area contributed by atoms with Gasteiger partial charge in [-0.25, -0.2) is 19.7 Å². The molecule has 0 saturated carbocycles. The number of pyridine rings is 1. The van der Waals surface area contributed by atoms with Crippen LogP contribution in [0.25, 0.3) is 0 Å². The van der Waals surface area contributed by atoms with Crippen molar-refractivity contribution in [2.45, 2.75) is 70.2 Å². The first kappa shape index (κ1) is 38.0. The van der Waals surface area contributed by atoms with Gasteiger partial charge in [-0.1, -0.05) is 37.3 Å². The highest BCUT2D eigenvalue weighted by atomic mass is 19.4. The van der Waals surface area contributed by atoms with Crippen molar-refractivity contribution in [2.24, 2.45) is 0 Å². The number of alkyl halides is 6. The minimum Gasteiger partial charge on any atom is -0.481 e. The molecule has 2 aromatic carbocycles. The zero-order valence-corrected chi connectivity index (χ0v) is 28.3. The Kier molecular flexibility index (Phi) is 11.7. The van der Waals surface area contributed by atoms with E-state index in [0.29, 0.717) is 29.8 Å². The number of ether oxygens (including phenoxy) is 3. The minimum atomic E-state index is -5.12. The molecule has 2 aromatic heterocycles. The summed E-state index contributed by atoms with van der Waals surface area (Å²) in [5, 5.41) is 3.16. The predicted octanol–water partition coefficient (Wildman–Crippen LogP) is 7.77. The smallest absolute Gasteiger partial charge is 0.416 e. The molecule has 3 atom stereocenters. The van der Waals surface area contributed by atoms with E-state index in [1.165, 1.54) is 30.5 Å². The van der Waals surface area contributed by atoms with Gasteiger partial charge in [-0.15, -0.1) is 0 Å². The van der Waals surface area contributed by atoms with Crippen LogP contribution in [0.1, 0.15) is 78.1 Å². The maximum Gasteiger partial charge on any atom is 0.416 e. The summed E-state index contributed by atoms with van der Waals surface area (Å²) < 4.78 is 100. The Morgan fingerprint density at radius 2 is 1.56 bits per heavy atom. The summed E-state index contributed by atoms with van der Waals surface area (Å²) in [7, 11) is 1.37. The number of rotatable bonds is 11. The standard InChI is InChI=1S/C36H35F6N5O5/c1-4-26-17-27(32-28(11-12-29(46-32)50-3)47(26)34(49)51-5-2)45-31(23-14-24(35(37,38)39)16-25(15-23)36(40,41)42)33-43-18-22(19-44-33)13-30(48)52-20-21-9-7-6-8-10-21/h6-12,14-16,18-19,26-27,31,45H,4-5,13,17,20H2,1-3H3/t26-,27+,31?/m1/s1. The molecule has 4 aromatic rings. The van der Waals surface area contributed by atoms with Gasteiger partial charge < -0.3 is 14.2 Å². The van der Waals surface area contributed by atoms with Crippen molar-refractivity contribution in [2.75, 3.05) is 18.6 Å². The molecule has 5 rings (SSSR count). The van der Waals surface area contributed by atoms with Gasteiger partial charge in [0.1, 0.15) is 12.4 Å². The first-order valence-corrected chi connectivity index (χ1v) is 16.3. The minimum absolute atomic E-state index is 0.0235. The third-order valence-corrected chi connectivity index (χ3v) is 8.37. The molecule has 3 heterocycles. The number of hydrogen-bond acceptors (Lipinski definition) is 9. The highest BCUT2D eigenvalue weighted by Gasteiger charge is 2.41. The summed E-state index contributed by atoms with van der Waals surface area (Å²) in [5.41, 5.74) is -1.85. The Labute approximate surface area is 295 Å². The molecule has 16 heteroatoms. The van der Waals surface area contributed by atoms with Gasteiger partial charge in [0, 0.05) is 24.5 Å². The first-order valence-electron chi connectivity index (χ1n) is 16.3. The third-order valence-electron chi connectivity index (χ3n) is 8.37. The number of hydrogen-bond donors (Lipinski definition) is 1. The normalized spacial score (nSPS) is 16.5. The summed E-state index contributed by atoms with van der Waals surface area (Å²) in [5.74, 6) is -0.628. The fourth-order valence-electron chi connectivity index (χ4n) is 5.87. The maximum absolute atomic E-state index is 14.0. The van der Waals surface area contributed by atoms with E-state index < -0.39 is 59.2 Å². The average Bonchev–Trinajstić information content (AvgIpc) is 3.12. The van der Waals surface area contributed by atoms with Crippen LogP contribution < -0.4 is 15.0 Å². The summed E-state index contributed by atoms with van der Waals surface area (Å²) in [4.78, 5) is 40.2. The number of methoxy groups -OCH3 is 1. The molecule has 0 aliphatic carbocycles. The Morgan fingerprint density at radius 3 is 2.13 bits per heavy atom. The molecule has 1 aliphatic rings. The number of nitrogens with zero attached hydrogens (tertiary/aromatic N) is 4. The van der Waals surface area contributed by atoms with E-state index in [0.717, 1.165) is 5.56 Å². The second kappa shape index (κ2) is 16.0. The molecular formula is C36H35F6N5O5. The van der Waals surface area contributed by atoms with E-state index in [-0.39, 0.29) is 49.5 Å². The van der Waals surface area contributed by atoms with Crippen molar-refractivity contribution >= 4 is 17.7 Å². The number of nitrogens with one attached hydrogen (secondary N) is 1. The van der Waals surface area contributed by atoms with Crippen LogP contribution in [-0.4, -0.2) is 46.8 Å². The number of halogens is 6. The molecular weight excluding hydrogens is 696 g/mol. The van der Waals surface area contributed by atoms with Crippen molar-refractivity contribution in [3.05, 3.63) is 112 Å². The quantitative estimate of drug-likeness (QED) is 0.122. The molecule has 0 spiro atoms. The van der Waals surface area contributed by atoms with E-state index >= 15 is 0 Å². The van der Waals surface area contributed by atoms with Gasteiger partial charge in [0.15, 0.2) is 0 Å². The predicted molar refractivity (Wildman–Crippen MR) is 175 cm³/mol. The van der Waals surface area contributed by atoms with E-state index in [2.05, 4.69) is 20.3 Å². The maximum atomic E-state index is 14.0. The van der Waals surface area contributed by atoms with Crippen molar-refractivity contribution in [1.29, 1.82) is 0 Å². The molecule has 0 radical (unpaired) electrons. The molecule has 52 heavy (non-hydrogen) atoms. The Balaban J connectivity index is 1.56. The lowest BCUT2D eigenvalue weighted by Crippen LogP contribution is -2.48. The number of carbonyl (C=O) groups excluding carboxylic acids is 2. The van der Waals surface area contributed by atoms with Crippen LogP contribution in [0.5, 0.6) is 5.88 Å². The van der Waals surface area contributed by atoms with Crippen molar-refractivity contribution in [1.82, 2.24) is 20.3 Å². The highest BCUT2D eigenvalue weighted by molar-refractivity contribution is 5.90. The second-order valence-electron chi connectivity index (χ2n) is 11.9. The fraction of sp³-hybridized carbons (Fsp3) is 0.361. The van der Waals surface area contributed by atoms with Crippen molar-refractivity contribution in [3.8, 4) is 5.88 Å². The number of fused-ring (bicyclic) bond motifs is 1. The van der Waals surface area contributed by atoms with Crippen molar-refractivity contribution in [3.63, 3.8) is 0 Å². The van der Waals surface area contributed by atoms with Crippen LogP contribution in [0, 0.1) is 0 Å². The molecule has 10 nitrogen and oxygen atoms in total. The number of esters is 1. The highest BCUT2D eigenvalue weighted by Crippen LogP contribution is 2.42. The monoisotopic (exact) mass is 731 g/mol. The van der Waals surface area contributed by atoms with Crippen LogP contribution in [0.15, 0.2) is 73.1 Å². The second-order valence-corrected chi connectivity index (χ2v) is 11.9. The van der Waals surface area contributed by atoms with Crippen molar-refractivity contribution < 1.29 is 50.1 Å². The Bertz CT molecular complexity index is 1830. The number of benzene rings is 2. The van der Waals surface area contributed by atoms with Crippen LogP contribution in [0.2, 0.25) is 0 Å². The zero-order chi connectivity index (χ0) is 37.6. The zero-order valence-electron chi connectivity index (χ0n) is 28.3. The third kappa shape index (κ3) is 8.96. The lowest BCUT2D eigenvalue weighted by molar-refractivity contribution is -0.144. The molecule has 1 amide bonds. The van der Waals surface area contributed by atoms with Gasteiger partial charge in [-0.2, -0.15) is 26.3 Å². The summed E-state index contributed by atoms with van der Waals surface area (Å²) in [6.07, 6.45) is -8.06. The average molecular weight is 732 g/mol. The van der Waals surface area contributed by atoms with Gasteiger partial charge in [0.25, 0.3) is 0 Å². The van der Waals surface area contributed by atoms with E-state index in [1.807, 2.05) is 13.0 Å². The van der Waals surface area contributed by atoms with Crippen LogP contribution in [0.4, 0.5) is 36.8 Å². The van der Waals surface area contributed by atoms with E-state index in [4.69, 9.17) is 14.2 Å². The fourth-order valence-corrected chi connectivity index (χ4v) is 5.87. The van der Waals surface area contributed by atoms with Gasteiger partial charge in [-0.3, -0.25) is 15.0 Å². The van der Waals surface area contributed by atoms with Gasteiger partial charge in [0.2, 0.25) is 5.88 Å². The van der Waals surface area contributed by atoms with E-state index in [1.54, 1.807) is 37.3 Å². The van der Waals surface area contributed by atoms with Crippen LogP contribution in [-0.2, 0) is 39.6 Å². The van der Waals surface area contributed by atoms with E-state index in [9.17, 15) is 35.9 Å². The lowest BCUT2D eigenvalue weighted by atomic mass is 9.91. The van der Waals surface area contributed by atoms with Gasteiger partial charge >= 0.3 is 24.4 Å². The van der Waals surface area contributed by atoms with Gasteiger partial charge in [-0.05, 0) is 60.7 Å². The topological polar surface area (TPSA) is 116 Å². The Hall–Kier alpha value is -5.25. The molecule has 1 unspecified atom stereocenters. The summed E-state index contributed by atoms with van der Waals surface area (Å²) >= 11 is 0. The number of anilines is 1. The molecule has 1 N–H and O–H groups in total. The lowest BCUT2D eigenvalue weighted by Gasteiger charge is -2.40. The summed E-state index contributed by atoms with van der Waals surface area (Å²) in [6, 6.07) is 10.5. The largest absolute Gasteiger partial charge is 0.481 e. The van der Waals surface area contributed by atoms with Crippen LogP contribution in [0.3, 0.4) is 0 Å². The first-order chi connectivity index (χ1) is 24.7. The molecule has 1 aliphatic heterocycles. The molecule has 0 saturated heterocycles. The molecule has 276 valence electrons. The van der Waals surface area contributed by atoms with Crippen LogP contribution >= 0.6 is 0 Å². The molecule has 0 bridgehead atoms. The number of aromatic nitrogens is 3. The SMILES string of the molecule is CCOC(=O)N1c2ccc(OC)nc2[C@@H](NC(c2cc(C(F)(F)F)cc(C(F)(F)F)c2)c2ncc(CC(=O)OCc3ccccc3)cn2)C[C@H]1CC. The molecule has 0 fully saturated rings. The number of amides is 1. The van der Waals surface area contributed by atoms with Gasteiger partial charge in [0.05, 0.1) is 54.7 Å². The number of carbonyl (C=O) groups is 2. The summed E-state index contributed by atoms with van der Waals surface area (Å²) in [6.45, 7) is 3.58. The Morgan fingerprint density at radius 1 is 0.904 bits per heavy atom.